The Morgan fingerprint density at radius 3 is 2.57 bits per heavy atom. The summed E-state index contributed by atoms with van der Waals surface area (Å²) in [4.78, 5) is 0. The molecule has 0 spiro atoms. The van der Waals surface area contributed by atoms with E-state index in [-0.39, 0.29) is 0 Å². The third-order valence-corrected chi connectivity index (χ3v) is 1.68. The summed E-state index contributed by atoms with van der Waals surface area (Å²) in [6.07, 6.45) is 3.03. The zero-order chi connectivity index (χ0) is 5.11. The van der Waals surface area contributed by atoms with Crippen molar-refractivity contribution in [3.63, 3.8) is 0 Å². The van der Waals surface area contributed by atoms with E-state index >= 15 is 0 Å². The molecule has 2 heteroatoms. The Balaban J connectivity index is 1.93. The van der Waals surface area contributed by atoms with Gasteiger partial charge in [0, 0.05) is 11.9 Å². The average molecular weight is 165 g/mol. The Hall–Kier alpha value is 0.440. The highest BCUT2D eigenvalue weighted by Gasteiger charge is 2.15. The molecule has 1 unspecified atom stereocenters. The van der Waals surface area contributed by atoms with Crippen molar-refractivity contribution in [3.05, 3.63) is 0 Å². The lowest BCUT2D eigenvalue weighted by molar-refractivity contribution is -0.0507. The van der Waals surface area contributed by atoms with Crippen molar-refractivity contribution in [1.29, 1.82) is 0 Å². The van der Waals surface area contributed by atoms with Crippen LogP contribution in [0.25, 0.3) is 0 Å². The maximum Gasteiger partial charge on any atom is 0.0605 e. The van der Waals surface area contributed by atoms with Crippen molar-refractivity contribution in [2.45, 2.75) is 18.9 Å². The number of alkyl halides is 1. The third kappa shape index (κ3) is 1.42. The lowest BCUT2D eigenvalue weighted by atomic mass is 10.1. The molecular formula is C5H9BrO. The molecule has 0 bridgehead atoms. The molecule has 7 heavy (non-hydrogen) atoms. The molecule has 1 fully saturated rings. The SMILES string of the molecule is BrCCC1CCO1. The van der Waals surface area contributed by atoms with Crippen molar-refractivity contribution in [2.75, 3.05) is 11.9 Å². The highest BCUT2D eigenvalue weighted by Crippen LogP contribution is 2.14. The van der Waals surface area contributed by atoms with Gasteiger partial charge in [0.15, 0.2) is 0 Å². The zero-order valence-electron chi connectivity index (χ0n) is 4.19. The van der Waals surface area contributed by atoms with Crippen molar-refractivity contribution in [2.24, 2.45) is 0 Å². The van der Waals surface area contributed by atoms with Gasteiger partial charge in [-0.3, -0.25) is 0 Å². The van der Waals surface area contributed by atoms with Crippen LogP contribution in [0.5, 0.6) is 0 Å². The number of hydrogen-bond donors (Lipinski definition) is 0. The molecule has 1 saturated heterocycles. The highest BCUT2D eigenvalue weighted by molar-refractivity contribution is 9.09. The summed E-state index contributed by atoms with van der Waals surface area (Å²) < 4.78 is 5.14. The fourth-order valence-corrected chi connectivity index (χ4v) is 1.14. The molecule has 0 aromatic heterocycles. The first-order chi connectivity index (χ1) is 3.43. The van der Waals surface area contributed by atoms with Gasteiger partial charge in [-0.05, 0) is 12.8 Å². The van der Waals surface area contributed by atoms with Crippen LogP contribution in [-0.2, 0) is 4.74 Å². The average Bonchev–Trinajstić information content (AvgIpc) is 1.55. The van der Waals surface area contributed by atoms with E-state index in [9.17, 15) is 0 Å². The second-order valence-corrected chi connectivity index (χ2v) is 2.55. The van der Waals surface area contributed by atoms with Gasteiger partial charge in [-0.25, -0.2) is 0 Å². The van der Waals surface area contributed by atoms with Gasteiger partial charge in [0.05, 0.1) is 6.10 Å². The van der Waals surface area contributed by atoms with E-state index in [1.165, 1.54) is 12.8 Å². The standard InChI is InChI=1S/C5H9BrO/c6-3-1-5-2-4-7-5/h5H,1-4H2. The van der Waals surface area contributed by atoms with Crippen LogP contribution in [-0.4, -0.2) is 18.0 Å². The quantitative estimate of drug-likeness (QED) is 0.564. The van der Waals surface area contributed by atoms with E-state index in [1.807, 2.05) is 0 Å². The molecule has 1 nitrogen and oxygen atoms in total. The molecule has 0 amide bonds. The molecule has 0 saturated carbocycles. The fraction of sp³-hybridized carbons (Fsp3) is 1.00. The molecular weight excluding hydrogens is 156 g/mol. The Bertz CT molecular complexity index is 52.0. The molecule has 0 aromatic carbocycles. The van der Waals surface area contributed by atoms with Crippen LogP contribution in [0.4, 0.5) is 0 Å². The summed E-state index contributed by atoms with van der Waals surface area (Å²) in [5.74, 6) is 0. The minimum Gasteiger partial charge on any atom is -0.378 e. The van der Waals surface area contributed by atoms with Gasteiger partial charge in [-0.15, -0.1) is 0 Å². The molecule has 1 heterocycles. The summed E-state index contributed by atoms with van der Waals surface area (Å²) in [7, 11) is 0. The van der Waals surface area contributed by atoms with E-state index in [1.54, 1.807) is 0 Å². The summed E-state index contributed by atoms with van der Waals surface area (Å²) in [6, 6.07) is 0. The van der Waals surface area contributed by atoms with E-state index < -0.39 is 0 Å². The largest absolute Gasteiger partial charge is 0.378 e. The second kappa shape index (κ2) is 2.68. The fourth-order valence-electron chi connectivity index (χ4n) is 0.634. The molecule has 1 atom stereocenters. The van der Waals surface area contributed by atoms with Gasteiger partial charge in [0.2, 0.25) is 0 Å². The first-order valence-electron chi connectivity index (χ1n) is 2.61. The van der Waals surface area contributed by atoms with E-state index in [4.69, 9.17) is 4.74 Å². The van der Waals surface area contributed by atoms with Crippen LogP contribution in [0, 0.1) is 0 Å². The number of ether oxygens (including phenoxy) is 1. The Morgan fingerprint density at radius 2 is 2.43 bits per heavy atom. The Kier molecular flexibility index (Phi) is 2.13. The smallest absolute Gasteiger partial charge is 0.0605 e. The van der Waals surface area contributed by atoms with Crippen LogP contribution in [0.1, 0.15) is 12.8 Å². The van der Waals surface area contributed by atoms with Crippen LogP contribution >= 0.6 is 15.9 Å². The predicted molar refractivity (Wildman–Crippen MR) is 32.8 cm³/mol. The number of rotatable bonds is 2. The van der Waals surface area contributed by atoms with E-state index in [0.29, 0.717) is 6.10 Å². The molecule has 1 aliphatic rings. The first-order valence-corrected chi connectivity index (χ1v) is 3.73. The van der Waals surface area contributed by atoms with Crippen LogP contribution in [0.2, 0.25) is 0 Å². The van der Waals surface area contributed by atoms with Crippen LogP contribution < -0.4 is 0 Å². The molecule has 0 aliphatic carbocycles. The lowest BCUT2D eigenvalue weighted by Crippen LogP contribution is -2.26. The highest BCUT2D eigenvalue weighted by atomic mass is 79.9. The van der Waals surface area contributed by atoms with Gasteiger partial charge < -0.3 is 4.74 Å². The van der Waals surface area contributed by atoms with Crippen molar-refractivity contribution in [1.82, 2.24) is 0 Å². The summed E-state index contributed by atoms with van der Waals surface area (Å²) >= 11 is 3.34. The monoisotopic (exact) mass is 164 g/mol. The minimum atomic E-state index is 0.583. The molecule has 42 valence electrons. The van der Waals surface area contributed by atoms with Crippen LogP contribution in [0.3, 0.4) is 0 Å². The third-order valence-electron chi connectivity index (χ3n) is 1.22. The van der Waals surface area contributed by atoms with Crippen LogP contribution in [0.15, 0.2) is 0 Å². The van der Waals surface area contributed by atoms with Gasteiger partial charge in [-0.2, -0.15) is 0 Å². The van der Waals surface area contributed by atoms with Gasteiger partial charge in [0.25, 0.3) is 0 Å². The molecule has 1 aliphatic heterocycles. The molecule has 0 N–H and O–H groups in total. The summed E-state index contributed by atoms with van der Waals surface area (Å²) in [5.41, 5.74) is 0. The van der Waals surface area contributed by atoms with Gasteiger partial charge in [0.1, 0.15) is 0 Å². The van der Waals surface area contributed by atoms with Crippen molar-refractivity contribution in [3.8, 4) is 0 Å². The zero-order valence-corrected chi connectivity index (χ0v) is 5.78. The topological polar surface area (TPSA) is 9.23 Å². The maximum atomic E-state index is 5.14. The Morgan fingerprint density at radius 1 is 1.71 bits per heavy atom. The first kappa shape index (κ1) is 5.57. The van der Waals surface area contributed by atoms with Crippen molar-refractivity contribution < 1.29 is 4.74 Å². The number of halogens is 1. The van der Waals surface area contributed by atoms with E-state index in [0.717, 1.165) is 11.9 Å². The molecule has 1 rings (SSSR count). The minimum absolute atomic E-state index is 0.583. The maximum absolute atomic E-state index is 5.14. The van der Waals surface area contributed by atoms with E-state index in [2.05, 4.69) is 15.9 Å². The van der Waals surface area contributed by atoms with Gasteiger partial charge in [-0.1, -0.05) is 15.9 Å². The summed E-state index contributed by atoms with van der Waals surface area (Å²) in [6.45, 7) is 0.984. The summed E-state index contributed by atoms with van der Waals surface area (Å²) in [5, 5.41) is 1.08. The molecule has 0 radical (unpaired) electrons. The number of hydrogen-bond acceptors (Lipinski definition) is 1. The second-order valence-electron chi connectivity index (χ2n) is 1.76. The molecule has 0 aromatic rings. The predicted octanol–water partition coefficient (Wildman–Crippen LogP) is 1.56. The van der Waals surface area contributed by atoms with Gasteiger partial charge >= 0.3 is 0 Å². The lowest BCUT2D eigenvalue weighted by Gasteiger charge is -2.25. The van der Waals surface area contributed by atoms with Crippen molar-refractivity contribution >= 4 is 15.9 Å². The normalized spacial score (nSPS) is 29.6. The Labute approximate surface area is 52.2 Å².